The van der Waals surface area contributed by atoms with Crippen molar-refractivity contribution in [3.05, 3.63) is 77.1 Å². The lowest BCUT2D eigenvalue weighted by molar-refractivity contribution is -0.138. The van der Waals surface area contributed by atoms with Crippen molar-refractivity contribution < 1.29 is 28.7 Å². The molecule has 1 aliphatic heterocycles. The van der Waals surface area contributed by atoms with Crippen LogP contribution in [0.25, 0.3) is 22.0 Å². The zero-order chi connectivity index (χ0) is 38.9. The molecule has 0 radical (unpaired) electrons. The summed E-state index contributed by atoms with van der Waals surface area (Å²) in [4.78, 5) is 83.0. The highest BCUT2D eigenvalue weighted by Crippen LogP contribution is 2.60. The van der Waals surface area contributed by atoms with Gasteiger partial charge in [-0.3, -0.25) is 28.7 Å². The minimum Gasteiger partial charge on any atom is -0.380 e. The van der Waals surface area contributed by atoms with Crippen molar-refractivity contribution in [2.75, 3.05) is 26.0 Å². The van der Waals surface area contributed by atoms with E-state index >= 15 is 0 Å². The quantitative estimate of drug-likeness (QED) is 0.108. The lowest BCUT2D eigenvalue weighted by Crippen LogP contribution is -2.48. The topological polar surface area (TPSA) is 182 Å². The minimum atomic E-state index is -0.905. The van der Waals surface area contributed by atoms with Gasteiger partial charge in [0.25, 0.3) is 0 Å². The fraction of sp³-hybridized carbons (Fsp3) is 0.395. The molecule has 4 aromatic rings. The molecular formula is C38H42BrN9O6. The van der Waals surface area contributed by atoms with E-state index in [2.05, 4.69) is 53.2 Å². The normalized spacial score (nSPS) is 19.2. The van der Waals surface area contributed by atoms with Gasteiger partial charge in [0.15, 0.2) is 5.78 Å². The molecule has 54 heavy (non-hydrogen) atoms. The number of anilines is 1. The van der Waals surface area contributed by atoms with Crippen LogP contribution in [0.1, 0.15) is 55.0 Å². The highest BCUT2D eigenvalue weighted by atomic mass is 79.9. The summed E-state index contributed by atoms with van der Waals surface area (Å²) in [5.74, 6) is -0.776. The SMILES string of the molecule is C=CC[C@H](NC(C)=O)C(=O)N(C)C[C@@]12C[C@@H](C(=O)Nc3nc(Br)ccc3COC)N(C(=O)Cn3nc(C(C)=O)c4cc(-c5cnc(C)nc5)ccc43)[C@@H]1C2. The van der Waals surface area contributed by atoms with Crippen LogP contribution in [0.15, 0.2) is 60.0 Å². The first-order valence-corrected chi connectivity index (χ1v) is 18.2. The predicted molar refractivity (Wildman–Crippen MR) is 203 cm³/mol. The van der Waals surface area contributed by atoms with Gasteiger partial charge in [-0.2, -0.15) is 5.10 Å². The largest absolute Gasteiger partial charge is 0.380 e. The summed E-state index contributed by atoms with van der Waals surface area (Å²) < 4.78 is 7.32. The molecular weight excluding hydrogens is 758 g/mol. The molecule has 1 aliphatic carbocycles. The lowest BCUT2D eigenvalue weighted by atomic mass is 9.97. The minimum absolute atomic E-state index is 0.201. The number of ketones is 1. The number of likely N-dealkylation sites (tertiary alicyclic amines) is 1. The molecule has 1 saturated heterocycles. The van der Waals surface area contributed by atoms with Crippen LogP contribution in [0, 0.1) is 12.3 Å². The number of carbonyl (C=O) groups excluding carboxylic acids is 5. The average molecular weight is 801 g/mol. The number of halogens is 1. The van der Waals surface area contributed by atoms with Gasteiger partial charge in [0, 0.05) is 74.9 Å². The van der Waals surface area contributed by atoms with E-state index in [1.807, 2.05) is 12.1 Å². The van der Waals surface area contributed by atoms with E-state index in [0.29, 0.717) is 39.1 Å². The molecule has 0 bridgehead atoms. The molecule has 15 nitrogen and oxygen atoms in total. The number of rotatable bonds is 14. The molecule has 2 aliphatic rings. The summed E-state index contributed by atoms with van der Waals surface area (Å²) in [7, 11) is 3.20. The van der Waals surface area contributed by atoms with Crippen LogP contribution in [0.3, 0.4) is 0 Å². The molecule has 1 saturated carbocycles. The maximum absolute atomic E-state index is 14.5. The smallest absolute Gasteiger partial charge is 0.248 e. The number of fused-ring (bicyclic) bond motifs is 2. The van der Waals surface area contributed by atoms with Gasteiger partial charge in [0.05, 0.1) is 12.1 Å². The van der Waals surface area contributed by atoms with Gasteiger partial charge in [-0.1, -0.05) is 18.2 Å². The number of ether oxygens (including phenoxy) is 1. The Hall–Kier alpha value is -5.35. The number of nitrogens with zero attached hydrogens (tertiary/aromatic N) is 7. The first-order chi connectivity index (χ1) is 25.7. The van der Waals surface area contributed by atoms with Crippen LogP contribution in [0.2, 0.25) is 0 Å². The highest BCUT2D eigenvalue weighted by Gasteiger charge is 2.67. The molecule has 4 heterocycles. The number of hydrogen-bond acceptors (Lipinski definition) is 10. The summed E-state index contributed by atoms with van der Waals surface area (Å²) in [6.07, 6.45) is 6.08. The molecule has 282 valence electrons. The Morgan fingerprint density at radius 3 is 2.52 bits per heavy atom. The third-order valence-corrected chi connectivity index (χ3v) is 10.4. The second-order valence-corrected chi connectivity index (χ2v) is 14.8. The molecule has 4 atom stereocenters. The second kappa shape index (κ2) is 15.6. The van der Waals surface area contributed by atoms with E-state index in [1.165, 1.54) is 18.5 Å². The number of aryl methyl sites for hydroxylation is 1. The third kappa shape index (κ3) is 7.80. The molecule has 0 spiro atoms. The Labute approximate surface area is 320 Å². The van der Waals surface area contributed by atoms with Gasteiger partial charge < -0.3 is 25.2 Å². The number of pyridine rings is 1. The average Bonchev–Trinajstić information content (AvgIpc) is 3.53. The third-order valence-electron chi connectivity index (χ3n) is 9.98. The first kappa shape index (κ1) is 38.4. The van der Waals surface area contributed by atoms with Crippen LogP contribution in [0.4, 0.5) is 5.82 Å². The molecule has 16 heteroatoms. The summed E-state index contributed by atoms with van der Waals surface area (Å²) in [6.45, 7) is 8.50. The van der Waals surface area contributed by atoms with E-state index in [1.54, 1.807) is 67.5 Å². The Balaban J connectivity index is 1.31. The van der Waals surface area contributed by atoms with Gasteiger partial charge in [-0.15, -0.1) is 6.58 Å². The summed E-state index contributed by atoms with van der Waals surface area (Å²) in [6, 6.07) is 6.98. The first-order valence-electron chi connectivity index (χ1n) is 17.4. The van der Waals surface area contributed by atoms with E-state index in [9.17, 15) is 24.0 Å². The Morgan fingerprint density at radius 1 is 1.11 bits per heavy atom. The van der Waals surface area contributed by atoms with Crippen LogP contribution in [0.5, 0.6) is 0 Å². The van der Waals surface area contributed by atoms with Crippen LogP contribution < -0.4 is 10.6 Å². The van der Waals surface area contributed by atoms with E-state index in [-0.39, 0.29) is 67.8 Å². The van der Waals surface area contributed by atoms with Crippen molar-refractivity contribution in [2.45, 2.75) is 71.3 Å². The zero-order valence-electron chi connectivity index (χ0n) is 30.8. The van der Waals surface area contributed by atoms with E-state index in [4.69, 9.17) is 4.74 Å². The molecule has 3 aromatic heterocycles. The Kier molecular flexibility index (Phi) is 11.1. The van der Waals surface area contributed by atoms with Crippen molar-refractivity contribution in [3.8, 4) is 11.1 Å². The van der Waals surface area contributed by atoms with Crippen molar-refractivity contribution in [2.24, 2.45) is 5.41 Å². The van der Waals surface area contributed by atoms with Crippen molar-refractivity contribution in [3.63, 3.8) is 0 Å². The number of Topliss-reactive ketones (excluding diaryl/α,β-unsaturated/α-hetero) is 1. The molecule has 2 N–H and O–H groups in total. The van der Waals surface area contributed by atoms with E-state index in [0.717, 1.165) is 11.1 Å². The zero-order valence-corrected chi connectivity index (χ0v) is 32.3. The van der Waals surface area contributed by atoms with Gasteiger partial charge in [-0.05, 0) is 65.9 Å². The number of likely N-dealkylation sites (N-methyl/N-ethyl adjacent to an activating group) is 1. The number of benzene rings is 1. The molecule has 1 aromatic carbocycles. The monoisotopic (exact) mass is 799 g/mol. The van der Waals surface area contributed by atoms with Gasteiger partial charge in [0.1, 0.15) is 40.6 Å². The molecule has 0 unspecified atom stereocenters. The Bertz CT molecular complexity index is 2150. The maximum atomic E-state index is 14.5. The molecule has 4 amide bonds. The van der Waals surface area contributed by atoms with Crippen molar-refractivity contribution >= 4 is 62.1 Å². The number of carbonyl (C=O) groups is 5. The van der Waals surface area contributed by atoms with E-state index < -0.39 is 23.4 Å². The highest BCUT2D eigenvalue weighted by molar-refractivity contribution is 9.10. The predicted octanol–water partition coefficient (Wildman–Crippen LogP) is 3.85. The Morgan fingerprint density at radius 2 is 1.85 bits per heavy atom. The number of methoxy groups -OCH3 is 1. The standard InChI is InChI=1S/C38H42BrN9O6/c1-7-8-28(42-23(4)50)37(53)46(5)20-38-14-30(36(52)44-35-25(19-54-6)10-12-32(39)43-35)48(31(38)15-38)33(51)18-47-29-11-9-24(26-16-40-22(3)41-17-26)13-27(29)34(45-47)21(2)49/h7,9-13,16-17,28,30-31H,1,8,14-15,18-20H2,2-6H3,(H,42,50)(H,43,44,52)/t28-,30-,31+,38-/m0/s1. The second-order valence-electron chi connectivity index (χ2n) is 14.0. The molecule has 2 fully saturated rings. The fourth-order valence-electron chi connectivity index (χ4n) is 7.43. The number of piperidine rings is 1. The summed E-state index contributed by atoms with van der Waals surface area (Å²) >= 11 is 3.37. The van der Waals surface area contributed by atoms with Crippen LogP contribution in [-0.4, -0.2) is 103 Å². The van der Waals surface area contributed by atoms with Crippen molar-refractivity contribution in [1.82, 2.24) is 39.8 Å². The van der Waals surface area contributed by atoms with Crippen LogP contribution >= 0.6 is 15.9 Å². The maximum Gasteiger partial charge on any atom is 0.248 e. The number of aromatic nitrogens is 5. The molecule has 6 rings (SSSR count). The number of nitrogens with one attached hydrogen (secondary N) is 2. The van der Waals surface area contributed by atoms with Gasteiger partial charge in [-0.25, -0.2) is 15.0 Å². The summed E-state index contributed by atoms with van der Waals surface area (Å²) in [5.41, 5.74) is 2.42. The van der Waals surface area contributed by atoms with Crippen LogP contribution in [-0.2, 0) is 37.1 Å². The van der Waals surface area contributed by atoms with Gasteiger partial charge >= 0.3 is 0 Å². The van der Waals surface area contributed by atoms with Gasteiger partial charge in [0.2, 0.25) is 23.6 Å². The number of amides is 4. The lowest BCUT2D eigenvalue weighted by Gasteiger charge is -2.28. The van der Waals surface area contributed by atoms with Crippen molar-refractivity contribution in [1.29, 1.82) is 0 Å². The fourth-order valence-corrected chi connectivity index (χ4v) is 7.74. The number of hydrogen-bond donors (Lipinski definition) is 2. The summed E-state index contributed by atoms with van der Waals surface area (Å²) in [5, 5.41) is 10.8.